The van der Waals surface area contributed by atoms with Crippen molar-refractivity contribution in [2.75, 3.05) is 0 Å². The van der Waals surface area contributed by atoms with Crippen LogP contribution in [0.1, 0.15) is 137 Å². The van der Waals surface area contributed by atoms with Crippen molar-refractivity contribution < 1.29 is 9.59 Å². The Morgan fingerprint density at radius 1 is 0.310 bits per heavy atom. The second-order valence-corrected chi connectivity index (χ2v) is 20.7. The zero-order valence-electron chi connectivity index (χ0n) is 36.1. The number of hydrogen-bond donors (Lipinski definition) is 0. The van der Waals surface area contributed by atoms with Gasteiger partial charge in [-0.05, 0) is 129 Å². The molecule has 4 nitrogen and oxygen atoms in total. The van der Waals surface area contributed by atoms with Crippen molar-refractivity contribution in [3.05, 3.63) is 154 Å². The first-order chi connectivity index (χ1) is 27.1. The number of aromatic nitrogens is 2. The molecule has 0 bridgehead atoms. The monoisotopic (exact) mass is 762 g/mol. The van der Waals surface area contributed by atoms with Crippen molar-refractivity contribution in [2.24, 2.45) is 0 Å². The third-order valence-electron chi connectivity index (χ3n) is 12.5. The molecule has 58 heavy (non-hydrogen) atoms. The molecule has 6 aromatic carbocycles. The molecule has 0 saturated carbocycles. The van der Waals surface area contributed by atoms with Gasteiger partial charge < -0.3 is 9.13 Å². The molecule has 0 radical (unpaired) electrons. The largest absolute Gasteiger partial charge is 0.309 e. The third-order valence-corrected chi connectivity index (χ3v) is 12.5. The van der Waals surface area contributed by atoms with Crippen molar-refractivity contribution >= 4 is 55.2 Å². The molecule has 0 N–H and O–H groups in total. The molecule has 0 saturated heterocycles. The highest BCUT2D eigenvalue weighted by molar-refractivity contribution is 6.29. The van der Waals surface area contributed by atoms with E-state index < -0.39 is 0 Å². The number of benzene rings is 6. The summed E-state index contributed by atoms with van der Waals surface area (Å²) in [6.45, 7) is 26.9. The summed E-state index contributed by atoms with van der Waals surface area (Å²) in [6, 6.07) is 38.5. The van der Waals surface area contributed by atoms with E-state index in [2.05, 4.69) is 165 Å². The SMILES string of the molecule is CC(C)(C)c1ccc2c(c1)c1cc(C(C)(C)C)ccc1n2-c1ccc2c(c1)C(=O)c1ccc(-n3c4ccc(C(C)(C)C)cc4c4cc(C(C)(C)C)ccc43)cc1C2=O. The zero-order chi connectivity index (χ0) is 41.4. The maximum Gasteiger partial charge on any atom is 0.194 e. The van der Waals surface area contributed by atoms with Crippen LogP contribution in [0, 0.1) is 0 Å². The van der Waals surface area contributed by atoms with Crippen LogP contribution in [-0.4, -0.2) is 20.7 Å². The third kappa shape index (κ3) is 5.86. The van der Waals surface area contributed by atoms with Gasteiger partial charge in [-0.2, -0.15) is 0 Å². The fourth-order valence-electron chi connectivity index (χ4n) is 8.87. The summed E-state index contributed by atoms with van der Waals surface area (Å²) in [7, 11) is 0. The molecular formula is C54H54N2O2. The van der Waals surface area contributed by atoms with E-state index in [4.69, 9.17) is 0 Å². The Hall–Kier alpha value is -5.74. The van der Waals surface area contributed by atoms with Crippen molar-refractivity contribution in [3.63, 3.8) is 0 Å². The van der Waals surface area contributed by atoms with E-state index in [-0.39, 0.29) is 33.2 Å². The molecule has 0 unspecified atom stereocenters. The molecule has 1 aliphatic carbocycles. The molecule has 292 valence electrons. The maximum atomic E-state index is 14.5. The number of ketones is 2. The van der Waals surface area contributed by atoms with Crippen molar-refractivity contribution in [2.45, 2.75) is 105 Å². The van der Waals surface area contributed by atoms with Gasteiger partial charge in [0.25, 0.3) is 0 Å². The zero-order valence-corrected chi connectivity index (χ0v) is 36.1. The number of rotatable bonds is 2. The summed E-state index contributed by atoms with van der Waals surface area (Å²) >= 11 is 0. The molecule has 1 aliphatic rings. The van der Waals surface area contributed by atoms with Crippen LogP contribution < -0.4 is 0 Å². The highest BCUT2D eigenvalue weighted by Gasteiger charge is 2.32. The highest BCUT2D eigenvalue weighted by Crippen LogP contribution is 2.41. The van der Waals surface area contributed by atoms with Crippen LogP contribution in [0.2, 0.25) is 0 Å². The lowest BCUT2D eigenvalue weighted by Gasteiger charge is -2.21. The summed E-state index contributed by atoms with van der Waals surface area (Å²) in [6.07, 6.45) is 0. The van der Waals surface area contributed by atoms with Crippen LogP contribution in [0.4, 0.5) is 0 Å². The van der Waals surface area contributed by atoms with E-state index in [0.29, 0.717) is 22.3 Å². The Bertz CT molecular complexity index is 2710. The van der Waals surface area contributed by atoms with Gasteiger partial charge in [0.1, 0.15) is 0 Å². The normalized spacial score (nSPS) is 13.9. The summed E-state index contributed by atoms with van der Waals surface area (Å²) in [4.78, 5) is 29.1. The first-order valence-corrected chi connectivity index (χ1v) is 20.7. The predicted molar refractivity (Wildman–Crippen MR) is 243 cm³/mol. The van der Waals surface area contributed by atoms with Crippen LogP contribution >= 0.6 is 0 Å². The molecule has 0 aliphatic heterocycles. The highest BCUT2D eigenvalue weighted by atomic mass is 16.1. The number of fused-ring (bicyclic) bond motifs is 8. The number of hydrogen-bond acceptors (Lipinski definition) is 2. The van der Waals surface area contributed by atoms with Gasteiger partial charge in [-0.1, -0.05) is 107 Å². The summed E-state index contributed by atoms with van der Waals surface area (Å²) in [5, 5.41) is 4.73. The second-order valence-electron chi connectivity index (χ2n) is 20.7. The topological polar surface area (TPSA) is 44.0 Å². The van der Waals surface area contributed by atoms with Gasteiger partial charge in [0, 0.05) is 55.2 Å². The van der Waals surface area contributed by atoms with Gasteiger partial charge in [0.2, 0.25) is 0 Å². The smallest absolute Gasteiger partial charge is 0.194 e. The Kier molecular flexibility index (Phi) is 8.07. The minimum atomic E-state index is -0.129. The number of nitrogens with zero attached hydrogens (tertiary/aromatic N) is 2. The van der Waals surface area contributed by atoms with Crippen molar-refractivity contribution in [3.8, 4) is 11.4 Å². The lowest BCUT2D eigenvalue weighted by atomic mass is 9.83. The first kappa shape index (κ1) is 37.8. The molecular weight excluding hydrogens is 709 g/mol. The fraction of sp³-hybridized carbons (Fsp3) is 0.296. The van der Waals surface area contributed by atoms with E-state index in [1.807, 2.05) is 36.4 Å². The van der Waals surface area contributed by atoms with E-state index in [1.165, 1.54) is 43.8 Å². The molecule has 9 rings (SSSR count). The molecule has 2 heterocycles. The van der Waals surface area contributed by atoms with E-state index in [1.54, 1.807) is 0 Å². The van der Waals surface area contributed by atoms with Gasteiger partial charge in [-0.15, -0.1) is 0 Å². The van der Waals surface area contributed by atoms with Crippen LogP contribution in [0.25, 0.3) is 55.0 Å². The average Bonchev–Trinajstić information content (AvgIpc) is 3.66. The summed E-state index contributed by atoms with van der Waals surface area (Å²) in [5.41, 5.74) is 12.8. The fourth-order valence-corrected chi connectivity index (χ4v) is 8.87. The molecule has 2 aromatic heterocycles. The van der Waals surface area contributed by atoms with Crippen molar-refractivity contribution in [1.29, 1.82) is 0 Å². The molecule has 0 spiro atoms. The number of carbonyl (C=O) groups is 2. The van der Waals surface area contributed by atoms with Crippen LogP contribution in [0.3, 0.4) is 0 Å². The summed E-state index contributed by atoms with van der Waals surface area (Å²) < 4.78 is 4.50. The Morgan fingerprint density at radius 3 is 0.810 bits per heavy atom. The molecule has 0 atom stereocenters. The predicted octanol–water partition coefficient (Wildman–Crippen LogP) is 13.8. The minimum Gasteiger partial charge on any atom is -0.309 e. The van der Waals surface area contributed by atoms with Gasteiger partial charge >= 0.3 is 0 Å². The lowest BCUT2D eigenvalue weighted by molar-refractivity contribution is 0.0979. The number of carbonyl (C=O) groups excluding carboxylic acids is 2. The second kappa shape index (κ2) is 12.4. The Balaban J connectivity index is 1.18. The standard InChI is InChI=1S/C54H54N2O2/c1-51(2,3)31-13-21-45-39(25-31)40-26-32(52(4,5)6)14-22-46(40)55(45)35-17-19-37-43(29-35)49(57)38-20-18-36(30-44(38)50(37)58)56-47-23-15-33(53(7,8)9)27-41(47)42-28-34(54(10,11)12)16-24-48(42)56/h13-30H,1-12H3. The van der Waals surface area contributed by atoms with Crippen LogP contribution in [0.15, 0.2) is 109 Å². The van der Waals surface area contributed by atoms with E-state index in [0.717, 1.165) is 33.4 Å². The molecule has 8 aromatic rings. The van der Waals surface area contributed by atoms with E-state index in [9.17, 15) is 9.59 Å². The maximum absolute atomic E-state index is 14.5. The summed E-state index contributed by atoms with van der Waals surface area (Å²) in [5.74, 6) is -0.258. The first-order valence-electron chi connectivity index (χ1n) is 20.7. The van der Waals surface area contributed by atoms with E-state index >= 15 is 0 Å². The van der Waals surface area contributed by atoms with Gasteiger partial charge in [-0.25, -0.2) is 0 Å². The van der Waals surface area contributed by atoms with Crippen LogP contribution in [0.5, 0.6) is 0 Å². The van der Waals surface area contributed by atoms with Crippen LogP contribution in [-0.2, 0) is 21.7 Å². The van der Waals surface area contributed by atoms with Gasteiger partial charge in [-0.3, -0.25) is 9.59 Å². The van der Waals surface area contributed by atoms with Crippen molar-refractivity contribution in [1.82, 2.24) is 9.13 Å². The van der Waals surface area contributed by atoms with Gasteiger partial charge in [0.05, 0.1) is 22.1 Å². The quantitative estimate of drug-likeness (QED) is 0.176. The molecule has 4 heteroatoms. The Labute approximate surface area is 342 Å². The molecule has 0 amide bonds. The molecule has 0 fully saturated rings. The lowest BCUT2D eigenvalue weighted by Crippen LogP contribution is -2.21. The average molecular weight is 763 g/mol. The Morgan fingerprint density at radius 2 is 0.569 bits per heavy atom. The van der Waals surface area contributed by atoms with Gasteiger partial charge in [0.15, 0.2) is 11.6 Å². The minimum absolute atomic E-state index is 0.0107.